The lowest BCUT2D eigenvalue weighted by atomic mass is 10.2. The van der Waals surface area contributed by atoms with Gasteiger partial charge in [-0.15, -0.1) is 18.3 Å². The molecule has 0 aliphatic heterocycles. The molecule has 0 spiro atoms. The van der Waals surface area contributed by atoms with Gasteiger partial charge in [0.05, 0.1) is 0 Å². The molecule has 1 aromatic rings. The van der Waals surface area contributed by atoms with Crippen LogP contribution in [0.5, 0.6) is 0 Å². The van der Waals surface area contributed by atoms with E-state index in [0.29, 0.717) is 6.04 Å². The highest BCUT2D eigenvalue weighted by Crippen LogP contribution is 2.19. The Morgan fingerprint density at radius 1 is 1.47 bits per heavy atom. The first kappa shape index (κ1) is 12.3. The second-order valence-electron chi connectivity index (χ2n) is 3.27. The van der Waals surface area contributed by atoms with E-state index in [4.69, 9.17) is 0 Å². The Balaban J connectivity index is 2.41. The summed E-state index contributed by atoms with van der Waals surface area (Å²) < 4.78 is 12.6. The topological polar surface area (TPSA) is 12.0 Å². The van der Waals surface area contributed by atoms with E-state index in [0.717, 1.165) is 17.1 Å². The van der Waals surface area contributed by atoms with Crippen molar-refractivity contribution in [3.8, 4) is 0 Å². The lowest BCUT2D eigenvalue weighted by Gasteiger charge is -2.13. The van der Waals surface area contributed by atoms with E-state index in [1.165, 1.54) is 12.1 Å². The summed E-state index contributed by atoms with van der Waals surface area (Å²) in [4.78, 5) is 1.10. The van der Waals surface area contributed by atoms with E-state index in [9.17, 15) is 4.39 Å². The third-order valence-electron chi connectivity index (χ3n) is 2.12. The Kier molecular flexibility index (Phi) is 5.43. The summed E-state index contributed by atoms with van der Waals surface area (Å²) in [6.07, 6.45) is 2.86. The van der Waals surface area contributed by atoms with Crippen LogP contribution in [0.15, 0.2) is 41.8 Å². The molecule has 3 heteroatoms. The first-order chi connectivity index (χ1) is 7.26. The molecular formula is C12H16FNS. The normalized spacial score (nSPS) is 12.4. The van der Waals surface area contributed by atoms with E-state index >= 15 is 0 Å². The maximum absolute atomic E-state index is 12.6. The molecule has 1 N–H and O–H groups in total. The molecule has 0 heterocycles. The van der Waals surface area contributed by atoms with Crippen LogP contribution >= 0.6 is 11.8 Å². The van der Waals surface area contributed by atoms with Gasteiger partial charge in [-0.1, -0.05) is 6.08 Å². The van der Waals surface area contributed by atoms with Gasteiger partial charge in [0.2, 0.25) is 0 Å². The number of thioether (sulfide) groups is 1. The van der Waals surface area contributed by atoms with Crippen molar-refractivity contribution < 1.29 is 4.39 Å². The zero-order valence-corrected chi connectivity index (χ0v) is 9.69. The van der Waals surface area contributed by atoms with Gasteiger partial charge in [0.1, 0.15) is 5.82 Å². The van der Waals surface area contributed by atoms with Gasteiger partial charge in [0, 0.05) is 16.7 Å². The first-order valence-electron chi connectivity index (χ1n) is 4.92. The molecule has 0 aliphatic rings. The summed E-state index contributed by atoms with van der Waals surface area (Å²) in [7, 11) is 1.94. The van der Waals surface area contributed by atoms with E-state index in [1.807, 2.05) is 13.1 Å². The zero-order valence-electron chi connectivity index (χ0n) is 8.87. The van der Waals surface area contributed by atoms with Crippen LogP contribution in [-0.2, 0) is 0 Å². The van der Waals surface area contributed by atoms with Gasteiger partial charge < -0.3 is 5.32 Å². The SMILES string of the molecule is C=CCC(CSc1ccc(F)cc1)NC. The van der Waals surface area contributed by atoms with E-state index in [-0.39, 0.29) is 5.82 Å². The molecule has 0 radical (unpaired) electrons. The molecule has 0 bridgehead atoms. The number of benzene rings is 1. The Morgan fingerprint density at radius 3 is 2.67 bits per heavy atom. The number of rotatable bonds is 6. The van der Waals surface area contributed by atoms with E-state index < -0.39 is 0 Å². The van der Waals surface area contributed by atoms with Crippen LogP contribution in [-0.4, -0.2) is 18.8 Å². The van der Waals surface area contributed by atoms with Crippen LogP contribution in [0.1, 0.15) is 6.42 Å². The molecule has 1 rings (SSSR count). The predicted molar refractivity (Wildman–Crippen MR) is 64.8 cm³/mol. The third-order valence-corrected chi connectivity index (χ3v) is 3.30. The Bertz CT molecular complexity index is 297. The highest BCUT2D eigenvalue weighted by atomic mass is 32.2. The van der Waals surface area contributed by atoms with Gasteiger partial charge in [0.25, 0.3) is 0 Å². The molecule has 1 atom stereocenters. The van der Waals surface area contributed by atoms with Gasteiger partial charge >= 0.3 is 0 Å². The zero-order chi connectivity index (χ0) is 11.1. The second kappa shape index (κ2) is 6.64. The molecule has 0 fully saturated rings. The van der Waals surface area contributed by atoms with Crippen molar-refractivity contribution in [2.75, 3.05) is 12.8 Å². The lowest BCUT2D eigenvalue weighted by Crippen LogP contribution is -2.26. The summed E-state index contributed by atoms with van der Waals surface area (Å²) in [6, 6.07) is 7.02. The maximum Gasteiger partial charge on any atom is 0.123 e. The fraction of sp³-hybridized carbons (Fsp3) is 0.333. The molecule has 0 saturated carbocycles. The molecular weight excluding hydrogens is 209 g/mol. The van der Waals surface area contributed by atoms with Crippen molar-refractivity contribution in [1.29, 1.82) is 0 Å². The van der Waals surface area contributed by atoms with Crippen LogP contribution in [0.25, 0.3) is 0 Å². The summed E-state index contributed by atoms with van der Waals surface area (Å²) in [6.45, 7) is 3.72. The van der Waals surface area contributed by atoms with Gasteiger partial charge in [-0.25, -0.2) is 4.39 Å². The summed E-state index contributed by atoms with van der Waals surface area (Å²) >= 11 is 1.72. The van der Waals surface area contributed by atoms with Crippen LogP contribution < -0.4 is 5.32 Å². The van der Waals surface area contributed by atoms with Gasteiger partial charge in [-0.3, -0.25) is 0 Å². The molecule has 0 amide bonds. The molecule has 15 heavy (non-hydrogen) atoms. The van der Waals surface area contributed by atoms with Gasteiger partial charge in [0.15, 0.2) is 0 Å². The van der Waals surface area contributed by atoms with Crippen molar-refractivity contribution in [3.63, 3.8) is 0 Å². The highest BCUT2D eigenvalue weighted by Gasteiger charge is 2.04. The standard InChI is InChI=1S/C12H16FNS/c1-3-4-11(14-2)9-15-12-7-5-10(13)6-8-12/h3,5-8,11,14H,1,4,9H2,2H3. The number of nitrogens with one attached hydrogen (secondary N) is 1. The number of halogens is 1. The second-order valence-corrected chi connectivity index (χ2v) is 4.37. The van der Waals surface area contributed by atoms with Crippen molar-refractivity contribution in [1.82, 2.24) is 5.32 Å². The van der Waals surface area contributed by atoms with Crippen LogP contribution in [0.2, 0.25) is 0 Å². The summed E-state index contributed by atoms with van der Waals surface area (Å²) in [5, 5.41) is 3.22. The minimum absolute atomic E-state index is 0.185. The average molecular weight is 225 g/mol. The monoisotopic (exact) mass is 225 g/mol. The van der Waals surface area contributed by atoms with Crippen molar-refractivity contribution in [2.24, 2.45) is 0 Å². The molecule has 0 aromatic heterocycles. The van der Waals surface area contributed by atoms with Crippen LogP contribution in [0, 0.1) is 5.82 Å². The molecule has 1 unspecified atom stereocenters. The average Bonchev–Trinajstić information content (AvgIpc) is 2.26. The molecule has 1 aromatic carbocycles. The third kappa shape index (κ3) is 4.49. The Hall–Kier alpha value is -0.800. The minimum atomic E-state index is -0.185. The van der Waals surface area contributed by atoms with Crippen molar-refractivity contribution >= 4 is 11.8 Å². The smallest absolute Gasteiger partial charge is 0.123 e. The van der Waals surface area contributed by atoms with Crippen molar-refractivity contribution in [2.45, 2.75) is 17.4 Å². The maximum atomic E-state index is 12.6. The Morgan fingerprint density at radius 2 is 2.13 bits per heavy atom. The Labute approximate surface area is 94.8 Å². The number of hydrogen-bond donors (Lipinski definition) is 1. The fourth-order valence-corrected chi connectivity index (χ4v) is 2.22. The van der Waals surface area contributed by atoms with Crippen LogP contribution in [0.3, 0.4) is 0 Å². The van der Waals surface area contributed by atoms with E-state index in [2.05, 4.69) is 11.9 Å². The minimum Gasteiger partial charge on any atom is -0.316 e. The highest BCUT2D eigenvalue weighted by molar-refractivity contribution is 7.99. The summed E-state index contributed by atoms with van der Waals surface area (Å²) in [5.74, 6) is 0.782. The molecule has 1 nitrogen and oxygen atoms in total. The first-order valence-corrected chi connectivity index (χ1v) is 5.91. The van der Waals surface area contributed by atoms with Crippen molar-refractivity contribution in [3.05, 3.63) is 42.7 Å². The molecule has 0 saturated heterocycles. The molecule has 82 valence electrons. The van der Waals surface area contributed by atoms with E-state index in [1.54, 1.807) is 23.9 Å². The lowest BCUT2D eigenvalue weighted by molar-refractivity contribution is 0.625. The van der Waals surface area contributed by atoms with Gasteiger partial charge in [-0.05, 0) is 37.7 Å². The fourth-order valence-electron chi connectivity index (χ4n) is 1.20. The largest absolute Gasteiger partial charge is 0.316 e. The summed E-state index contributed by atoms with van der Waals surface area (Å²) in [5.41, 5.74) is 0. The predicted octanol–water partition coefficient (Wildman–Crippen LogP) is 3.08. The van der Waals surface area contributed by atoms with Crippen LogP contribution in [0.4, 0.5) is 4.39 Å². The number of hydrogen-bond acceptors (Lipinski definition) is 2. The molecule has 0 aliphatic carbocycles. The quantitative estimate of drug-likeness (QED) is 0.590. The van der Waals surface area contributed by atoms with Gasteiger partial charge in [-0.2, -0.15) is 0 Å².